The van der Waals surface area contributed by atoms with Crippen molar-refractivity contribution in [3.8, 4) is 17.2 Å². The molecule has 1 aromatic heterocycles. The molecule has 0 bridgehead atoms. The van der Waals surface area contributed by atoms with E-state index >= 15 is 0 Å². The predicted octanol–water partition coefficient (Wildman–Crippen LogP) is 4.58. The van der Waals surface area contributed by atoms with Crippen molar-refractivity contribution in [3.63, 3.8) is 0 Å². The van der Waals surface area contributed by atoms with Crippen LogP contribution in [0.5, 0.6) is 11.5 Å². The van der Waals surface area contributed by atoms with Gasteiger partial charge in [0, 0.05) is 33.7 Å². The monoisotopic (exact) mass is 417 g/mol. The van der Waals surface area contributed by atoms with E-state index in [0.717, 1.165) is 17.1 Å². The van der Waals surface area contributed by atoms with E-state index in [2.05, 4.69) is 10.5 Å². The van der Waals surface area contributed by atoms with Gasteiger partial charge < -0.3 is 14.8 Å². The maximum atomic E-state index is 12.5. The Balaban J connectivity index is 1.84. The molecule has 3 rings (SSSR count). The Morgan fingerprint density at radius 2 is 1.75 bits per heavy atom. The molecule has 3 aromatic rings. The van der Waals surface area contributed by atoms with Gasteiger partial charge in [0.15, 0.2) is 11.5 Å². The van der Waals surface area contributed by atoms with E-state index in [1.807, 2.05) is 36.6 Å². The first-order valence-electron chi connectivity index (χ1n) is 8.27. The zero-order valence-electron chi connectivity index (χ0n) is 15.1. The minimum absolute atomic E-state index is 0.156. The van der Waals surface area contributed by atoms with Gasteiger partial charge in [-0.1, -0.05) is 23.2 Å². The molecule has 0 atom stereocenters. The van der Waals surface area contributed by atoms with E-state index in [0.29, 0.717) is 0 Å². The second kappa shape index (κ2) is 7.96. The Bertz CT molecular complexity index is 1070. The standard InChI is InChI=1S/C20H17Cl2N3O3/c1-11-3-4-12(2)25(11)15-5-6-17(22)16(9-15)20(28)24-23-10-13-7-14(21)8-18(26)19(13)27/h3-10,26-27H,1-2H3,(H,24,28). The molecule has 8 heteroatoms. The summed E-state index contributed by atoms with van der Waals surface area (Å²) in [5, 5.41) is 23.7. The van der Waals surface area contributed by atoms with E-state index in [9.17, 15) is 15.0 Å². The number of aromatic hydroxyl groups is 2. The normalized spacial score (nSPS) is 11.1. The number of nitrogens with zero attached hydrogens (tertiary/aromatic N) is 2. The fourth-order valence-corrected chi connectivity index (χ4v) is 3.25. The van der Waals surface area contributed by atoms with Gasteiger partial charge in [-0.3, -0.25) is 4.79 Å². The first-order valence-corrected chi connectivity index (χ1v) is 9.03. The third-order valence-corrected chi connectivity index (χ3v) is 4.73. The fourth-order valence-electron chi connectivity index (χ4n) is 2.83. The number of benzene rings is 2. The van der Waals surface area contributed by atoms with Crippen molar-refractivity contribution in [1.29, 1.82) is 0 Å². The Morgan fingerprint density at radius 3 is 2.43 bits per heavy atom. The molecule has 1 heterocycles. The second-order valence-corrected chi connectivity index (χ2v) is 7.02. The van der Waals surface area contributed by atoms with Crippen molar-refractivity contribution in [2.24, 2.45) is 5.10 Å². The lowest BCUT2D eigenvalue weighted by atomic mass is 10.2. The van der Waals surface area contributed by atoms with Gasteiger partial charge in [-0.15, -0.1) is 0 Å². The summed E-state index contributed by atoms with van der Waals surface area (Å²) >= 11 is 12.0. The molecule has 0 radical (unpaired) electrons. The second-order valence-electron chi connectivity index (χ2n) is 6.18. The fraction of sp³-hybridized carbons (Fsp3) is 0.100. The molecule has 0 aliphatic rings. The smallest absolute Gasteiger partial charge is 0.272 e. The summed E-state index contributed by atoms with van der Waals surface area (Å²) in [5.41, 5.74) is 5.62. The van der Waals surface area contributed by atoms with Crippen LogP contribution < -0.4 is 5.43 Å². The highest BCUT2D eigenvalue weighted by atomic mass is 35.5. The molecule has 0 aliphatic heterocycles. The molecule has 2 aromatic carbocycles. The van der Waals surface area contributed by atoms with Crippen molar-refractivity contribution >= 4 is 35.3 Å². The number of rotatable bonds is 4. The van der Waals surface area contributed by atoms with Crippen LogP contribution >= 0.6 is 23.2 Å². The van der Waals surface area contributed by atoms with Gasteiger partial charge in [0.25, 0.3) is 5.91 Å². The van der Waals surface area contributed by atoms with Crippen molar-refractivity contribution in [1.82, 2.24) is 9.99 Å². The third kappa shape index (κ3) is 3.98. The highest BCUT2D eigenvalue weighted by Gasteiger charge is 2.13. The lowest BCUT2D eigenvalue weighted by Gasteiger charge is -2.12. The molecule has 3 N–H and O–H groups in total. The lowest BCUT2D eigenvalue weighted by Crippen LogP contribution is -2.18. The zero-order valence-corrected chi connectivity index (χ0v) is 16.6. The van der Waals surface area contributed by atoms with E-state index in [-0.39, 0.29) is 32.7 Å². The van der Waals surface area contributed by atoms with Crippen LogP contribution in [0.4, 0.5) is 0 Å². The van der Waals surface area contributed by atoms with Crippen LogP contribution in [0.25, 0.3) is 5.69 Å². The number of phenols is 2. The van der Waals surface area contributed by atoms with Crippen LogP contribution in [0.3, 0.4) is 0 Å². The molecule has 28 heavy (non-hydrogen) atoms. The molecule has 0 saturated heterocycles. The molecule has 144 valence electrons. The van der Waals surface area contributed by atoms with Crippen LogP contribution in [0.1, 0.15) is 27.3 Å². The molecule has 1 amide bonds. The first kappa shape index (κ1) is 19.8. The Labute approximate surface area is 171 Å². The number of carbonyl (C=O) groups excluding carboxylic acids is 1. The van der Waals surface area contributed by atoms with Crippen molar-refractivity contribution in [2.45, 2.75) is 13.8 Å². The summed E-state index contributed by atoms with van der Waals surface area (Å²) < 4.78 is 2.00. The molecule has 0 spiro atoms. The average Bonchev–Trinajstić information content (AvgIpc) is 2.98. The maximum absolute atomic E-state index is 12.5. The van der Waals surface area contributed by atoms with Gasteiger partial charge in [0.1, 0.15) is 0 Å². The van der Waals surface area contributed by atoms with Crippen LogP contribution in [0.2, 0.25) is 10.0 Å². The molecular weight excluding hydrogens is 401 g/mol. The summed E-state index contributed by atoms with van der Waals surface area (Å²) in [5.74, 6) is -1.29. The minimum atomic E-state index is -0.517. The zero-order chi connectivity index (χ0) is 20.4. The summed E-state index contributed by atoms with van der Waals surface area (Å²) in [6.45, 7) is 3.94. The number of hydrogen-bond acceptors (Lipinski definition) is 4. The van der Waals surface area contributed by atoms with E-state index < -0.39 is 5.91 Å². The molecule has 0 saturated carbocycles. The van der Waals surface area contributed by atoms with Crippen molar-refractivity contribution < 1.29 is 15.0 Å². The van der Waals surface area contributed by atoms with Gasteiger partial charge in [0.05, 0.1) is 16.8 Å². The number of nitrogens with one attached hydrogen (secondary N) is 1. The number of amides is 1. The van der Waals surface area contributed by atoms with Crippen molar-refractivity contribution in [3.05, 3.63) is 75.0 Å². The van der Waals surface area contributed by atoms with E-state index in [1.165, 1.54) is 18.3 Å². The van der Waals surface area contributed by atoms with Gasteiger partial charge in [-0.05, 0) is 50.2 Å². The Kier molecular flexibility index (Phi) is 5.63. The van der Waals surface area contributed by atoms with Crippen LogP contribution in [-0.2, 0) is 0 Å². The molecule has 6 nitrogen and oxygen atoms in total. The van der Waals surface area contributed by atoms with Gasteiger partial charge in [-0.2, -0.15) is 5.10 Å². The SMILES string of the molecule is Cc1ccc(C)n1-c1ccc(Cl)c(C(=O)NN=Cc2cc(Cl)cc(O)c2O)c1. The Hall–Kier alpha value is -2.96. The summed E-state index contributed by atoms with van der Waals surface area (Å²) in [6, 6.07) is 11.7. The molecule has 0 aliphatic carbocycles. The predicted molar refractivity (Wildman–Crippen MR) is 110 cm³/mol. The number of carbonyl (C=O) groups is 1. The van der Waals surface area contributed by atoms with Gasteiger partial charge in [0.2, 0.25) is 0 Å². The molecule has 0 fully saturated rings. The van der Waals surface area contributed by atoms with Crippen molar-refractivity contribution in [2.75, 3.05) is 0 Å². The minimum Gasteiger partial charge on any atom is -0.504 e. The summed E-state index contributed by atoms with van der Waals surface area (Å²) in [7, 11) is 0. The van der Waals surface area contributed by atoms with Gasteiger partial charge >= 0.3 is 0 Å². The number of aryl methyl sites for hydroxylation is 2. The number of aromatic nitrogens is 1. The summed E-state index contributed by atoms with van der Waals surface area (Å²) in [4.78, 5) is 12.5. The summed E-state index contributed by atoms with van der Waals surface area (Å²) in [6.07, 6.45) is 1.18. The van der Waals surface area contributed by atoms with Gasteiger partial charge in [-0.25, -0.2) is 5.43 Å². The maximum Gasteiger partial charge on any atom is 0.272 e. The highest BCUT2D eigenvalue weighted by molar-refractivity contribution is 6.34. The quantitative estimate of drug-likeness (QED) is 0.329. The number of halogens is 2. The average molecular weight is 418 g/mol. The lowest BCUT2D eigenvalue weighted by molar-refractivity contribution is 0.0955. The highest BCUT2D eigenvalue weighted by Crippen LogP contribution is 2.31. The topological polar surface area (TPSA) is 86.9 Å². The largest absolute Gasteiger partial charge is 0.504 e. The van der Waals surface area contributed by atoms with E-state index in [1.54, 1.807) is 12.1 Å². The Morgan fingerprint density at radius 1 is 1.07 bits per heavy atom. The number of phenolic OH excluding ortho intramolecular Hbond substituents is 2. The third-order valence-electron chi connectivity index (χ3n) is 4.18. The van der Waals surface area contributed by atoms with Crippen LogP contribution in [0, 0.1) is 13.8 Å². The first-order chi connectivity index (χ1) is 13.3. The molecule has 0 unspecified atom stereocenters. The van der Waals surface area contributed by atoms with Crippen LogP contribution in [0.15, 0.2) is 47.6 Å². The van der Waals surface area contributed by atoms with Crippen LogP contribution in [-0.4, -0.2) is 26.9 Å². The molecular formula is C20H17Cl2N3O3. The number of hydrogen-bond donors (Lipinski definition) is 3. The van der Waals surface area contributed by atoms with E-state index in [4.69, 9.17) is 23.2 Å². The number of hydrazone groups is 1.